The summed E-state index contributed by atoms with van der Waals surface area (Å²) in [5.74, 6) is 2.19. The molecule has 1 atom stereocenters. The van der Waals surface area contributed by atoms with Gasteiger partial charge >= 0.3 is 0 Å². The molecule has 1 unspecified atom stereocenters. The summed E-state index contributed by atoms with van der Waals surface area (Å²) >= 11 is 1.81. The Hall–Kier alpha value is -2.28. The molecule has 0 aliphatic carbocycles. The first kappa shape index (κ1) is 18.1. The molecule has 2 aromatic rings. The van der Waals surface area contributed by atoms with Gasteiger partial charge in [-0.25, -0.2) is 0 Å². The lowest BCUT2D eigenvalue weighted by atomic mass is 10.1. The van der Waals surface area contributed by atoms with Crippen molar-refractivity contribution in [3.05, 3.63) is 46.6 Å². The summed E-state index contributed by atoms with van der Waals surface area (Å²) < 4.78 is 1.74. The molecule has 27 heavy (non-hydrogen) atoms. The largest absolute Gasteiger partial charge is 0.338 e. The zero-order chi connectivity index (χ0) is 19.0. The zero-order valence-corrected chi connectivity index (χ0v) is 16.5. The molecule has 1 aromatic carbocycles. The van der Waals surface area contributed by atoms with E-state index in [0.29, 0.717) is 13.1 Å². The third-order valence-electron chi connectivity index (χ3n) is 5.35. The van der Waals surface area contributed by atoms with Crippen molar-refractivity contribution >= 4 is 29.4 Å². The average Bonchev–Trinajstić information content (AvgIpc) is 3.33. The van der Waals surface area contributed by atoms with Crippen molar-refractivity contribution in [3.8, 4) is 0 Å². The van der Waals surface area contributed by atoms with E-state index in [-0.39, 0.29) is 24.2 Å². The number of aryl methyl sites for hydroxylation is 2. The Kier molecular flexibility index (Phi) is 4.95. The van der Waals surface area contributed by atoms with Gasteiger partial charge in [0, 0.05) is 43.6 Å². The molecule has 0 radical (unpaired) electrons. The van der Waals surface area contributed by atoms with Gasteiger partial charge in [-0.15, -0.1) is 0 Å². The molecule has 142 valence electrons. The maximum absolute atomic E-state index is 12.8. The van der Waals surface area contributed by atoms with Crippen molar-refractivity contribution < 1.29 is 9.59 Å². The second-order valence-electron chi connectivity index (χ2n) is 7.22. The lowest BCUT2D eigenvalue weighted by molar-refractivity contribution is -0.128. The predicted molar refractivity (Wildman–Crippen MR) is 106 cm³/mol. The molecule has 2 aliphatic heterocycles. The Balaban J connectivity index is 1.40. The Morgan fingerprint density at radius 2 is 2.00 bits per heavy atom. The van der Waals surface area contributed by atoms with Gasteiger partial charge in [-0.3, -0.25) is 14.3 Å². The molecule has 7 heteroatoms. The Morgan fingerprint density at radius 1 is 1.26 bits per heavy atom. The number of hydrogen-bond donors (Lipinski definition) is 1. The van der Waals surface area contributed by atoms with E-state index in [1.807, 2.05) is 7.05 Å². The standard InChI is InChI=1S/C20H24N4O2S/c1-3-13-4-6-14(7-5-13)9-24-10-15(8-18(24)25)20(26)21-19-16-11-27-12-17(16)22-23(19)2/h4-7,15H,3,8-12H2,1-2H3,(H,21,26). The number of likely N-dealkylation sites (tertiary alicyclic amines) is 1. The fraction of sp³-hybridized carbons (Fsp3) is 0.450. The Bertz CT molecular complexity index is 875. The van der Waals surface area contributed by atoms with E-state index in [1.165, 1.54) is 5.56 Å². The van der Waals surface area contributed by atoms with Crippen molar-refractivity contribution in [1.29, 1.82) is 0 Å². The summed E-state index contributed by atoms with van der Waals surface area (Å²) in [6.45, 7) is 3.15. The first-order valence-electron chi connectivity index (χ1n) is 9.34. The van der Waals surface area contributed by atoms with E-state index in [2.05, 4.69) is 41.6 Å². The number of carbonyl (C=O) groups excluding carboxylic acids is 2. The van der Waals surface area contributed by atoms with E-state index in [4.69, 9.17) is 0 Å². The number of thioether (sulfide) groups is 1. The van der Waals surface area contributed by atoms with Crippen LogP contribution < -0.4 is 5.32 Å². The SMILES string of the molecule is CCc1ccc(CN2CC(C(=O)Nc3c4c(nn3C)CSC4)CC2=O)cc1. The predicted octanol–water partition coefficient (Wildman–Crippen LogP) is 2.72. The first-order valence-corrected chi connectivity index (χ1v) is 10.5. The van der Waals surface area contributed by atoms with Gasteiger partial charge in [0.25, 0.3) is 0 Å². The third kappa shape index (κ3) is 3.60. The van der Waals surface area contributed by atoms with E-state index in [0.717, 1.165) is 40.6 Å². The number of amides is 2. The van der Waals surface area contributed by atoms with Crippen LogP contribution in [0.2, 0.25) is 0 Å². The van der Waals surface area contributed by atoms with Crippen LogP contribution in [0.3, 0.4) is 0 Å². The van der Waals surface area contributed by atoms with Crippen LogP contribution in [-0.2, 0) is 41.1 Å². The summed E-state index contributed by atoms with van der Waals surface area (Å²) in [4.78, 5) is 26.9. The number of nitrogens with one attached hydrogen (secondary N) is 1. The maximum atomic E-state index is 12.8. The van der Waals surface area contributed by atoms with Crippen LogP contribution in [0.15, 0.2) is 24.3 Å². The lowest BCUT2D eigenvalue weighted by Gasteiger charge is -2.17. The fourth-order valence-electron chi connectivity index (χ4n) is 3.72. The highest BCUT2D eigenvalue weighted by atomic mass is 32.2. The molecule has 4 rings (SSSR count). The normalized spacial score (nSPS) is 18.8. The number of nitrogens with zero attached hydrogens (tertiary/aromatic N) is 3. The lowest BCUT2D eigenvalue weighted by Crippen LogP contribution is -2.28. The number of rotatable bonds is 5. The van der Waals surface area contributed by atoms with E-state index >= 15 is 0 Å². The van der Waals surface area contributed by atoms with Crippen LogP contribution in [0.1, 0.15) is 35.7 Å². The second kappa shape index (κ2) is 7.38. The summed E-state index contributed by atoms with van der Waals surface area (Å²) in [6.07, 6.45) is 1.27. The number of anilines is 1. The molecule has 3 heterocycles. The highest BCUT2D eigenvalue weighted by molar-refractivity contribution is 7.98. The monoisotopic (exact) mass is 384 g/mol. The van der Waals surface area contributed by atoms with Gasteiger partial charge in [0.1, 0.15) is 5.82 Å². The van der Waals surface area contributed by atoms with Crippen molar-refractivity contribution in [2.24, 2.45) is 13.0 Å². The summed E-state index contributed by atoms with van der Waals surface area (Å²) in [5.41, 5.74) is 4.55. The molecule has 1 N–H and O–H groups in total. The van der Waals surface area contributed by atoms with Crippen LogP contribution in [0.25, 0.3) is 0 Å². The van der Waals surface area contributed by atoms with Gasteiger partial charge in [-0.05, 0) is 17.5 Å². The average molecular weight is 385 g/mol. The molecule has 0 bridgehead atoms. The molecular formula is C20H24N4O2S. The number of fused-ring (bicyclic) bond motifs is 1. The van der Waals surface area contributed by atoms with Crippen molar-refractivity contribution in [3.63, 3.8) is 0 Å². The van der Waals surface area contributed by atoms with Crippen LogP contribution in [0.4, 0.5) is 5.82 Å². The molecule has 2 aliphatic rings. The van der Waals surface area contributed by atoms with Crippen LogP contribution in [0.5, 0.6) is 0 Å². The van der Waals surface area contributed by atoms with Gasteiger partial charge in [0.05, 0.1) is 11.6 Å². The van der Waals surface area contributed by atoms with Gasteiger partial charge in [-0.2, -0.15) is 16.9 Å². The van der Waals surface area contributed by atoms with Gasteiger partial charge in [0.15, 0.2) is 0 Å². The highest BCUT2D eigenvalue weighted by Crippen LogP contribution is 2.34. The van der Waals surface area contributed by atoms with Crippen LogP contribution >= 0.6 is 11.8 Å². The van der Waals surface area contributed by atoms with Crippen LogP contribution in [0, 0.1) is 5.92 Å². The first-order chi connectivity index (χ1) is 13.0. The minimum Gasteiger partial charge on any atom is -0.338 e. The molecular weight excluding hydrogens is 360 g/mol. The summed E-state index contributed by atoms with van der Waals surface area (Å²) in [5, 5.41) is 7.50. The molecule has 1 aromatic heterocycles. The zero-order valence-electron chi connectivity index (χ0n) is 15.7. The quantitative estimate of drug-likeness (QED) is 0.861. The van der Waals surface area contributed by atoms with Gasteiger partial charge in [0.2, 0.25) is 11.8 Å². The number of aromatic nitrogens is 2. The topological polar surface area (TPSA) is 67.2 Å². The number of carbonyl (C=O) groups is 2. The van der Waals surface area contributed by atoms with E-state index in [1.54, 1.807) is 21.3 Å². The van der Waals surface area contributed by atoms with Gasteiger partial charge in [-0.1, -0.05) is 31.2 Å². The smallest absolute Gasteiger partial charge is 0.230 e. The molecule has 0 saturated carbocycles. The highest BCUT2D eigenvalue weighted by Gasteiger charge is 2.35. The maximum Gasteiger partial charge on any atom is 0.230 e. The van der Waals surface area contributed by atoms with E-state index < -0.39 is 0 Å². The Morgan fingerprint density at radius 3 is 2.74 bits per heavy atom. The molecule has 1 fully saturated rings. The van der Waals surface area contributed by atoms with Crippen molar-refractivity contribution in [2.75, 3.05) is 11.9 Å². The number of hydrogen-bond acceptors (Lipinski definition) is 4. The molecule has 1 saturated heterocycles. The summed E-state index contributed by atoms with van der Waals surface area (Å²) in [6, 6.07) is 8.33. The molecule has 6 nitrogen and oxygen atoms in total. The molecule has 2 amide bonds. The van der Waals surface area contributed by atoms with E-state index in [9.17, 15) is 9.59 Å². The molecule has 0 spiro atoms. The van der Waals surface area contributed by atoms with Gasteiger partial charge < -0.3 is 10.2 Å². The third-order valence-corrected chi connectivity index (χ3v) is 6.32. The number of benzene rings is 1. The Labute approximate surface area is 163 Å². The van der Waals surface area contributed by atoms with Crippen molar-refractivity contribution in [1.82, 2.24) is 14.7 Å². The minimum atomic E-state index is -0.313. The van der Waals surface area contributed by atoms with Crippen LogP contribution in [-0.4, -0.2) is 33.0 Å². The van der Waals surface area contributed by atoms with Crippen molar-refractivity contribution in [2.45, 2.75) is 37.8 Å². The summed E-state index contributed by atoms with van der Waals surface area (Å²) in [7, 11) is 1.85. The second-order valence-corrected chi connectivity index (χ2v) is 8.21. The minimum absolute atomic E-state index is 0.0421. The fourth-order valence-corrected chi connectivity index (χ4v) is 4.75.